The summed E-state index contributed by atoms with van der Waals surface area (Å²) in [6, 6.07) is 18.2. The molecule has 0 unspecified atom stereocenters. The lowest BCUT2D eigenvalue weighted by molar-refractivity contribution is 0.0951. The number of nitrogen functional groups attached to an aromatic ring is 1. The molecule has 0 spiro atoms. The van der Waals surface area contributed by atoms with Crippen LogP contribution in [0.5, 0.6) is 5.75 Å². The number of nitrogens with one attached hydrogen (secondary N) is 2. The van der Waals surface area contributed by atoms with Gasteiger partial charge < -0.3 is 21.5 Å². The van der Waals surface area contributed by atoms with Crippen molar-refractivity contribution in [2.45, 2.75) is 13.5 Å². The normalized spacial score (nSPS) is 10.6. The fourth-order valence-electron chi connectivity index (χ4n) is 3.28. The third kappa shape index (κ3) is 5.07. The number of halogens is 1. The molecule has 0 fully saturated rings. The van der Waals surface area contributed by atoms with Gasteiger partial charge in [0.25, 0.3) is 5.91 Å². The molecule has 1 amide bonds. The molecule has 2 aromatic heterocycles. The first-order chi connectivity index (χ1) is 15.9. The molecule has 0 radical (unpaired) electrons. The van der Waals surface area contributed by atoms with E-state index in [0.717, 1.165) is 5.56 Å². The maximum Gasteiger partial charge on any atom is 0.255 e. The van der Waals surface area contributed by atoms with Crippen molar-refractivity contribution in [2.75, 3.05) is 11.1 Å². The average molecular weight is 443 g/mol. The number of benzene rings is 2. The van der Waals surface area contributed by atoms with E-state index in [1.807, 2.05) is 13.0 Å². The summed E-state index contributed by atoms with van der Waals surface area (Å²) in [5.74, 6) is -0.766. The summed E-state index contributed by atoms with van der Waals surface area (Å²) in [6.45, 7) is 2.06. The van der Waals surface area contributed by atoms with E-state index in [1.54, 1.807) is 54.7 Å². The van der Waals surface area contributed by atoms with Crippen LogP contribution in [0.25, 0.3) is 11.3 Å². The minimum absolute atomic E-state index is 0.0216. The van der Waals surface area contributed by atoms with Gasteiger partial charge >= 0.3 is 0 Å². The average Bonchev–Trinajstić information content (AvgIpc) is 2.81. The van der Waals surface area contributed by atoms with E-state index in [-0.39, 0.29) is 35.4 Å². The van der Waals surface area contributed by atoms with Crippen LogP contribution in [0.1, 0.15) is 21.6 Å². The van der Waals surface area contributed by atoms with Gasteiger partial charge in [0.05, 0.1) is 29.2 Å². The Bertz CT molecular complexity index is 1310. The highest BCUT2D eigenvalue weighted by molar-refractivity contribution is 5.98. The second-order valence-corrected chi connectivity index (χ2v) is 7.47. The highest BCUT2D eigenvalue weighted by atomic mass is 19.1. The Morgan fingerprint density at radius 3 is 2.67 bits per heavy atom. The predicted octanol–water partition coefficient (Wildman–Crippen LogP) is 4.55. The maximum atomic E-state index is 14.2. The standard InChI is InChI=1S/C25H22FN5O2/c1-15-5-8-22(20(26)12-15)30-16-6-10-23(32)19(13-16)21-9-7-18(24(27)31-21)25(33)29-14-17-4-2-3-11-28-17/h2-13,30,32H,14H2,1H3,(H2,27,31)(H,29,33). The van der Waals surface area contributed by atoms with Crippen molar-refractivity contribution in [3.63, 3.8) is 0 Å². The van der Waals surface area contributed by atoms with Crippen molar-refractivity contribution in [1.29, 1.82) is 0 Å². The Kier molecular flexibility index (Phi) is 6.17. The number of phenols is 1. The SMILES string of the molecule is Cc1ccc(Nc2ccc(O)c(-c3ccc(C(=O)NCc4ccccn4)c(N)n3)c2)c(F)c1. The van der Waals surface area contributed by atoms with Crippen molar-refractivity contribution < 1.29 is 14.3 Å². The number of anilines is 3. The number of phenolic OH excluding ortho intramolecular Hbond substituents is 1. The number of carbonyl (C=O) groups excluding carboxylic acids is 1. The van der Waals surface area contributed by atoms with E-state index < -0.39 is 0 Å². The molecule has 0 saturated heterocycles. The van der Waals surface area contributed by atoms with E-state index in [9.17, 15) is 14.3 Å². The molecule has 4 rings (SSSR count). The van der Waals surface area contributed by atoms with E-state index in [0.29, 0.717) is 28.3 Å². The highest BCUT2D eigenvalue weighted by Crippen LogP contribution is 2.33. The number of aryl methyl sites for hydroxylation is 1. The van der Waals surface area contributed by atoms with E-state index in [2.05, 4.69) is 20.6 Å². The van der Waals surface area contributed by atoms with Gasteiger partial charge in [0.2, 0.25) is 0 Å². The van der Waals surface area contributed by atoms with Crippen LogP contribution in [-0.2, 0) is 6.54 Å². The van der Waals surface area contributed by atoms with Gasteiger partial charge in [0.15, 0.2) is 0 Å². The first-order valence-electron chi connectivity index (χ1n) is 10.2. The largest absolute Gasteiger partial charge is 0.507 e. The van der Waals surface area contributed by atoms with Crippen molar-refractivity contribution >= 4 is 23.1 Å². The number of carbonyl (C=O) groups is 1. The summed E-state index contributed by atoms with van der Waals surface area (Å²) < 4.78 is 14.2. The third-order valence-corrected chi connectivity index (χ3v) is 5.00. The molecule has 0 aliphatic carbocycles. The van der Waals surface area contributed by atoms with E-state index >= 15 is 0 Å². The summed E-state index contributed by atoms with van der Waals surface area (Å²) in [7, 11) is 0. The summed E-state index contributed by atoms with van der Waals surface area (Å²) in [6.07, 6.45) is 1.65. The molecule has 5 N–H and O–H groups in total. The first kappa shape index (κ1) is 21.8. The molecule has 0 bridgehead atoms. The van der Waals surface area contributed by atoms with Crippen LogP contribution in [0.4, 0.5) is 21.6 Å². The molecule has 4 aromatic rings. The predicted molar refractivity (Wildman–Crippen MR) is 126 cm³/mol. The number of aromatic hydroxyl groups is 1. The van der Waals surface area contributed by atoms with Crippen molar-refractivity contribution in [3.05, 3.63) is 95.6 Å². The number of pyridine rings is 2. The Morgan fingerprint density at radius 2 is 1.94 bits per heavy atom. The lowest BCUT2D eigenvalue weighted by Gasteiger charge is -2.12. The number of hydrogen-bond acceptors (Lipinski definition) is 6. The Balaban J connectivity index is 1.54. The number of nitrogens with two attached hydrogens (primary N) is 1. The van der Waals surface area contributed by atoms with Crippen LogP contribution in [0.2, 0.25) is 0 Å². The molecular weight excluding hydrogens is 421 g/mol. The minimum atomic E-state index is -0.383. The zero-order valence-corrected chi connectivity index (χ0v) is 17.8. The van der Waals surface area contributed by atoms with Crippen molar-refractivity contribution in [1.82, 2.24) is 15.3 Å². The number of rotatable bonds is 6. The molecule has 33 heavy (non-hydrogen) atoms. The van der Waals surface area contributed by atoms with Gasteiger partial charge in [-0.25, -0.2) is 9.37 Å². The third-order valence-electron chi connectivity index (χ3n) is 5.00. The minimum Gasteiger partial charge on any atom is -0.507 e. The summed E-state index contributed by atoms with van der Waals surface area (Å²) >= 11 is 0. The number of nitrogens with zero attached hydrogens (tertiary/aromatic N) is 2. The molecule has 0 aliphatic heterocycles. The van der Waals surface area contributed by atoms with Gasteiger partial charge in [0.1, 0.15) is 17.4 Å². The first-order valence-corrected chi connectivity index (χ1v) is 10.2. The number of aromatic nitrogens is 2. The molecule has 2 heterocycles. The quantitative estimate of drug-likeness (QED) is 0.325. The molecule has 7 nitrogen and oxygen atoms in total. The molecule has 0 atom stereocenters. The van der Waals surface area contributed by atoms with Crippen LogP contribution >= 0.6 is 0 Å². The fraction of sp³-hybridized carbons (Fsp3) is 0.0800. The van der Waals surface area contributed by atoms with E-state index in [4.69, 9.17) is 5.73 Å². The second kappa shape index (κ2) is 9.35. The zero-order valence-electron chi connectivity index (χ0n) is 17.8. The van der Waals surface area contributed by atoms with Crippen LogP contribution in [0.3, 0.4) is 0 Å². The lowest BCUT2D eigenvalue weighted by Crippen LogP contribution is -2.24. The zero-order chi connectivity index (χ0) is 23.4. The number of amides is 1. The van der Waals surface area contributed by atoms with Crippen LogP contribution in [-0.4, -0.2) is 21.0 Å². The second-order valence-electron chi connectivity index (χ2n) is 7.47. The monoisotopic (exact) mass is 443 g/mol. The summed E-state index contributed by atoms with van der Waals surface area (Å²) in [5.41, 5.74) is 9.41. The van der Waals surface area contributed by atoms with Gasteiger partial charge in [-0.2, -0.15) is 0 Å². The Labute approximate surface area is 190 Å². The Morgan fingerprint density at radius 1 is 1.09 bits per heavy atom. The Hall–Kier alpha value is -4.46. The summed E-state index contributed by atoms with van der Waals surface area (Å²) in [5, 5.41) is 16.1. The molecular formula is C25H22FN5O2. The fourth-order valence-corrected chi connectivity index (χ4v) is 3.28. The smallest absolute Gasteiger partial charge is 0.255 e. The van der Waals surface area contributed by atoms with E-state index in [1.165, 1.54) is 12.1 Å². The molecule has 166 valence electrons. The highest BCUT2D eigenvalue weighted by Gasteiger charge is 2.15. The molecule has 2 aromatic carbocycles. The number of hydrogen-bond donors (Lipinski definition) is 4. The van der Waals surface area contributed by atoms with Crippen molar-refractivity contribution in [3.8, 4) is 17.0 Å². The van der Waals surface area contributed by atoms with Crippen molar-refractivity contribution in [2.24, 2.45) is 0 Å². The van der Waals surface area contributed by atoms with Gasteiger partial charge in [-0.1, -0.05) is 12.1 Å². The van der Waals surface area contributed by atoms with Gasteiger partial charge in [0, 0.05) is 17.4 Å². The summed E-state index contributed by atoms with van der Waals surface area (Å²) in [4.78, 5) is 21.0. The van der Waals surface area contributed by atoms with Crippen LogP contribution < -0.4 is 16.4 Å². The molecule has 0 saturated carbocycles. The van der Waals surface area contributed by atoms with Gasteiger partial charge in [-0.05, 0) is 67.1 Å². The maximum absolute atomic E-state index is 14.2. The molecule has 8 heteroatoms. The lowest BCUT2D eigenvalue weighted by atomic mass is 10.1. The molecule has 0 aliphatic rings. The van der Waals surface area contributed by atoms with Crippen LogP contribution in [0, 0.1) is 12.7 Å². The van der Waals surface area contributed by atoms with Gasteiger partial charge in [-0.3, -0.25) is 9.78 Å². The van der Waals surface area contributed by atoms with Gasteiger partial charge in [-0.15, -0.1) is 0 Å². The topological polar surface area (TPSA) is 113 Å². The van der Waals surface area contributed by atoms with Crippen LogP contribution in [0.15, 0.2) is 72.9 Å².